The topological polar surface area (TPSA) is 68.5 Å². The molecular formula is C24H24N3O2+. The summed E-state index contributed by atoms with van der Waals surface area (Å²) in [5.74, 6) is 1.84. The van der Waals surface area contributed by atoms with Gasteiger partial charge in [0.25, 0.3) is 5.82 Å². The Labute approximate surface area is 170 Å². The molecule has 2 aromatic carbocycles. The van der Waals surface area contributed by atoms with Crippen LogP contribution in [0.3, 0.4) is 0 Å². The maximum absolute atomic E-state index is 11.1. The van der Waals surface area contributed by atoms with E-state index in [1.54, 1.807) is 7.11 Å². The van der Waals surface area contributed by atoms with Crippen molar-refractivity contribution < 1.29 is 14.8 Å². The molecule has 0 amide bonds. The molecule has 0 radical (unpaired) electrons. The smallest absolute Gasteiger partial charge is 0.273 e. The minimum absolute atomic E-state index is 0.187. The van der Waals surface area contributed by atoms with Crippen molar-refractivity contribution in [2.24, 2.45) is 0 Å². The highest BCUT2D eigenvalue weighted by Gasteiger charge is 2.24. The summed E-state index contributed by atoms with van der Waals surface area (Å²) in [6, 6.07) is 21.4. The molecule has 0 fully saturated rings. The van der Waals surface area contributed by atoms with Gasteiger partial charge >= 0.3 is 0 Å². The number of fused-ring (bicyclic) bond motifs is 1. The van der Waals surface area contributed by atoms with Crippen LogP contribution in [0.2, 0.25) is 0 Å². The summed E-state index contributed by atoms with van der Waals surface area (Å²) in [5.41, 5.74) is 4.28. The Bertz CT molecular complexity index is 1160. The molecule has 2 heterocycles. The highest BCUT2D eigenvalue weighted by atomic mass is 16.5. The van der Waals surface area contributed by atoms with Crippen molar-refractivity contribution in [1.82, 2.24) is 4.98 Å². The molecule has 0 saturated carbocycles. The number of aromatic amines is 1. The summed E-state index contributed by atoms with van der Waals surface area (Å²) in [5, 5.41) is 15.5. The molecule has 1 atom stereocenters. The number of hydrogen-bond donors (Lipinski definition) is 2. The Hall–Kier alpha value is -3.60. The van der Waals surface area contributed by atoms with Crippen molar-refractivity contribution in [3.8, 4) is 11.5 Å². The molecule has 0 unspecified atom stereocenters. The average Bonchev–Trinajstić information content (AvgIpc) is 2.73. The molecule has 146 valence electrons. The Balaban J connectivity index is 1.84. The van der Waals surface area contributed by atoms with Crippen molar-refractivity contribution >= 4 is 16.7 Å². The van der Waals surface area contributed by atoms with Gasteiger partial charge < -0.3 is 9.84 Å². The van der Waals surface area contributed by atoms with E-state index >= 15 is 0 Å². The van der Waals surface area contributed by atoms with E-state index in [0.29, 0.717) is 5.52 Å². The highest BCUT2D eigenvalue weighted by molar-refractivity contribution is 5.86. The van der Waals surface area contributed by atoms with Gasteiger partial charge in [-0.1, -0.05) is 30.3 Å². The number of nitrogens with zero attached hydrogens (tertiary/aromatic N) is 1. The van der Waals surface area contributed by atoms with Crippen LogP contribution in [0.1, 0.15) is 28.6 Å². The quantitative estimate of drug-likeness (QED) is 0.527. The number of methoxy groups -OCH3 is 1. The number of H-pyrrole nitrogens is 1. The van der Waals surface area contributed by atoms with Crippen molar-refractivity contribution in [1.29, 1.82) is 0 Å². The number of nitrogens with one attached hydrogen (secondary N) is 2. The fourth-order valence-electron chi connectivity index (χ4n) is 3.48. The van der Waals surface area contributed by atoms with Crippen molar-refractivity contribution in [2.45, 2.75) is 19.9 Å². The minimum atomic E-state index is -0.273. The number of aromatic hydroxyl groups is 1. The zero-order valence-corrected chi connectivity index (χ0v) is 16.7. The molecule has 0 aliphatic carbocycles. The first-order valence-electron chi connectivity index (χ1n) is 9.54. The van der Waals surface area contributed by atoms with E-state index in [9.17, 15) is 5.11 Å². The molecule has 3 N–H and O–H groups in total. The van der Waals surface area contributed by atoms with E-state index in [1.165, 1.54) is 0 Å². The minimum Gasteiger partial charge on any atom is -0.505 e. The van der Waals surface area contributed by atoms with Gasteiger partial charge in [-0.2, -0.15) is 0 Å². The lowest BCUT2D eigenvalue weighted by Crippen LogP contribution is -2.20. The molecule has 5 nitrogen and oxygen atoms in total. The van der Waals surface area contributed by atoms with Crippen LogP contribution in [0, 0.1) is 13.8 Å². The van der Waals surface area contributed by atoms with Gasteiger partial charge in [0.1, 0.15) is 23.1 Å². The molecular weight excluding hydrogens is 362 g/mol. The molecule has 0 spiro atoms. The van der Waals surface area contributed by atoms with E-state index in [4.69, 9.17) is 4.74 Å². The lowest BCUT2D eigenvalue weighted by Gasteiger charge is -2.18. The van der Waals surface area contributed by atoms with Crippen LogP contribution >= 0.6 is 0 Å². The number of pyridine rings is 2. The van der Waals surface area contributed by atoms with E-state index in [1.807, 2.05) is 80.6 Å². The molecule has 0 saturated heterocycles. The summed E-state index contributed by atoms with van der Waals surface area (Å²) in [6.45, 7) is 3.93. The van der Waals surface area contributed by atoms with E-state index < -0.39 is 0 Å². The van der Waals surface area contributed by atoms with Crippen molar-refractivity contribution in [2.75, 3.05) is 12.4 Å². The predicted molar refractivity (Wildman–Crippen MR) is 114 cm³/mol. The van der Waals surface area contributed by atoms with Gasteiger partial charge in [0, 0.05) is 28.3 Å². The standard InChI is InChI=1S/C24H23N3O2/c1-15-5-4-6-21(25-15)27-22(17-9-12-19(29-3)13-10-17)20-14-11-18-8-7-16(2)26-23(18)24(20)28/h4-14,22,28H,1-3H3,(H,25,27)/p+1/t22-/m1/s1. The normalized spacial score (nSPS) is 12.0. The Morgan fingerprint density at radius 2 is 1.72 bits per heavy atom. The van der Waals surface area contributed by atoms with E-state index in [2.05, 4.69) is 15.3 Å². The summed E-state index contributed by atoms with van der Waals surface area (Å²) >= 11 is 0. The number of anilines is 1. The molecule has 0 aliphatic heterocycles. The number of ether oxygens (including phenoxy) is 1. The first kappa shape index (κ1) is 18.7. The van der Waals surface area contributed by atoms with Gasteiger partial charge in [-0.3, -0.25) is 5.32 Å². The second-order valence-corrected chi connectivity index (χ2v) is 7.13. The molecule has 4 aromatic rings. The van der Waals surface area contributed by atoms with Gasteiger partial charge in [-0.15, -0.1) is 0 Å². The van der Waals surface area contributed by atoms with Gasteiger partial charge in [0.2, 0.25) is 0 Å². The van der Waals surface area contributed by atoms with Crippen LogP contribution in [0.5, 0.6) is 11.5 Å². The summed E-state index contributed by atoms with van der Waals surface area (Å²) < 4.78 is 5.30. The second kappa shape index (κ2) is 7.80. The number of phenolic OH excluding ortho intramolecular Hbond substituents is 1. The lowest BCUT2D eigenvalue weighted by atomic mass is 9.96. The number of aryl methyl sites for hydroxylation is 2. The second-order valence-electron chi connectivity index (χ2n) is 7.13. The van der Waals surface area contributed by atoms with Gasteiger partial charge in [-0.05, 0) is 44.2 Å². The van der Waals surface area contributed by atoms with Crippen molar-refractivity contribution in [3.63, 3.8) is 0 Å². The first-order valence-corrected chi connectivity index (χ1v) is 9.54. The SMILES string of the molecule is COc1ccc([C@@H](Nc2cccc(C)[nH+]2)c2ccc3ccc(C)nc3c2O)cc1. The van der Waals surface area contributed by atoms with Crippen LogP contribution in [-0.4, -0.2) is 17.2 Å². The monoisotopic (exact) mass is 386 g/mol. The number of phenols is 1. The average molecular weight is 386 g/mol. The molecule has 5 heteroatoms. The fourth-order valence-corrected chi connectivity index (χ4v) is 3.48. The number of hydrogen-bond acceptors (Lipinski definition) is 4. The van der Waals surface area contributed by atoms with Gasteiger partial charge in [0.15, 0.2) is 0 Å². The maximum Gasteiger partial charge on any atom is 0.273 e. The summed E-state index contributed by atoms with van der Waals surface area (Å²) in [6.07, 6.45) is 0. The maximum atomic E-state index is 11.1. The van der Waals surface area contributed by atoms with Crippen molar-refractivity contribution in [3.05, 3.63) is 89.2 Å². The molecule has 29 heavy (non-hydrogen) atoms. The molecule has 0 aliphatic rings. The molecule has 0 bridgehead atoms. The van der Waals surface area contributed by atoms with E-state index in [0.717, 1.165) is 39.5 Å². The first-order chi connectivity index (χ1) is 14.0. The number of benzene rings is 2. The van der Waals surface area contributed by atoms with Crippen LogP contribution in [0.25, 0.3) is 10.9 Å². The third-order valence-corrected chi connectivity index (χ3v) is 5.01. The number of rotatable bonds is 5. The molecule has 4 rings (SSSR count). The van der Waals surface area contributed by atoms with Crippen LogP contribution in [0.4, 0.5) is 5.82 Å². The molecule has 2 aromatic heterocycles. The largest absolute Gasteiger partial charge is 0.505 e. The van der Waals surface area contributed by atoms with Crippen LogP contribution in [0.15, 0.2) is 66.7 Å². The van der Waals surface area contributed by atoms with Gasteiger partial charge in [-0.25, -0.2) is 9.97 Å². The highest BCUT2D eigenvalue weighted by Crippen LogP contribution is 2.36. The Morgan fingerprint density at radius 3 is 2.45 bits per heavy atom. The number of aromatic nitrogens is 2. The predicted octanol–water partition coefficient (Wildman–Crippen LogP) is 4.58. The zero-order chi connectivity index (χ0) is 20.4. The summed E-state index contributed by atoms with van der Waals surface area (Å²) in [4.78, 5) is 7.89. The van der Waals surface area contributed by atoms with E-state index in [-0.39, 0.29) is 11.8 Å². The Morgan fingerprint density at radius 1 is 0.966 bits per heavy atom. The fraction of sp³-hybridized carbons (Fsp3) is 0.167. The summed E-state index contributed by atoms with van der Waals surface area (Å²) in [7, 11) is 1.65. The third kappa shape index (κ3) is 3.85. The van der Waals surface area contributed by atoms with Gasteiger partial charge in [0.05, 0.1) is 12.8 Å². The van der Waals surface area contributed by atoms with Crippen LogP contribution < -0.4 is 15.0 Å². The lowest BCUT2D eigenvalue weighted by molar-refractivity contribution is -0.371. The zero-order valence-electron chi connectivity index (χ0n) is 16.7. The third-order valence-electron chi connectivity index (χ3n) is 5.01. The van der Waals surface area contributed by atoms with Crippen LogP contribution in [-0.2, 0) is 0 Å². The Kier molecular flexibility index (Phi) is 5.04.